The van der Waals surface area contributed by atoms with Crippen LogP contribution < -0.4 is 5.32 Å². The van der Waals surface area contributed by atoms with Crippen molar-refractivity contribution in [2.75, 3.05) is 5.32 Å². The second-order valence-corrected chi connectivity index (χ2v) is 5.68. The molecule has 100 valence electrons. The first-order valence-corrected chi connectivity index (χ1v) is 7.14. The highest BCUT2D eigenvalue weighted by Crippen LogP contribution is 2.23. The minimum absolute atomic E-state index is 0.225. The lowest BCUT2D eigenvalue weighted by atomic mass is 10.2. The van der Waals surface area contributed by atoms with Gasteiger partial charge < -0.3 is 10.3 Å². The Hall–Kier alpha value is -1.78. The van der Waals surface area contributed by atoms with Gasteiger partial charge in [-0.05, 0) is 42.5 Å². The number of halogens is 2. The molecule has 20 heavy (non-hydrogen) atoms. The van der Waals surface area contributed by atoms with Crippen LogP contribution in [0.2, 0.25) is 5.02 Å². The third-order valence-corrected chi connectivity index (χ3v) is 3.79. The van der Waals surface area contributed by atoms with Crippen LogP contribution in [-0.2, 0) is 0 Å². The highest BCUT2D eigenvalue weighted by Gasteiger charge is 2.11. The van der Waals surface area contributed by atoms with Crippen LogP contribution in [0.5, 0.6) is 0 Å². The minimum Gasteiger partial charge on any atom is -0.361 e. The first kappa shape index (κ1) is 13.2. The second kappa shape index (κ2) is 5.31. The molecule has 0 aliphatic carbocycles. The second-order valence-electron chi connectivity index (χ2n) is 4.36. The van der Waals surface area contributed by atoms with Gasteiger partial charge in [0.25, 0.3) is 5.91 Å². The maximum absolute atomic E-state index is 12.2. The maximum Gasteiger partial charge on any atom is 0.257 e. The zero-order valence-electron chi connectivity index (χ0n) is 10.3. The first-order chi connectivity index (χ1) is 9.63. The number of carbonyl (C=O) groups is 1. The number of carbonyl (C=O) groups excluding carboxylic acids is 1. The molecule has 0 aliphatic heterocycles. The molecular formula is C15H10BrClN2O. The summed E-state index contributed by atoms with van der Waals surface area (Å²) in [7, 11) is 0. The molecule has 0 aliphatic rings. The van der Waals surface area contributed by atoms with Gasteiger partial charge in [0, 0.05) is 27.3 Å². The molecule has 0 atom stereocenters. The van der Waals surface area contributed by atoms with E-state index >= 15 is 0 Å². The van der Waals surface area contributed by atoms with Crippen molar-refractivity contribution in [3.63, 3.8) is 0 Å². The highest BCUT2D eigenvalue weighted by atomic mass is 79.9. The van der Waals surface area contributed by atoms with E-state index in [2.05, 4.69) is 26.2 Å². The summed E-state index contributed by atoms with van der Waals surface area (Å²) in [6.45, 7) is 0. The summed E-state index contributed by atoms with van der Waals surface area (Å²) in [5.41, 5.74) is 2.22. The van der Waals surface area contributed by atoms with Crippen molar-refractivity contribution >= 4 is 50.0 Å². The maximum atomic E-state index is 12.2. The number of aromatic nitrogens is 1. The first-order valence-electron chi connectivity index (χ1n) is 5.97. The Labute approximate surface area is 129 Å². The normalized spacial score (nSPS) is 10.7. The van der Waals surface area contributed by atoms with Crippen molar-refractivity contribution in [2.24, 2.45) is 0 Å². The van der Waals surface area contributed by atoms with E-state index in [9.17, 15) is 4.79 Å². The molecule has 1 amide bonds. The summed E-state index contributed by atoms with van der Waals surface area (Å²) in [6, 6.07) is 12.8. The van der Waals surface area contributed by atoms with Gasteiger partial charge in [0.05, 0.1) is 10.6 Å². The molecule has 2 aromatic carbocycles. The van der Waals surface area contributed by atoms with Crippen molar-refractivity contribution < 1.29 is 4.79 Å². The van der Waals surface area contributed by atoms with Crippen LogP contribution in [0.15, 0.2) is 53.1 Å². The number of nitrogens with one attached hydrogen (secondary N) is 2. The van der Waals surface area contributed by atoms with Gasteiger partial charge in [0.1, 0.15) is 0 Å². The van der Waals surface area contributed by atoms with Crippen LogP contribution in [0.1, 0.15) is 10.4 Å². The summed E-state index contributed by atoms with van der Waals surface area (Å²) in [5, 5.41) is 4.31. The number of anilines is 1. The molecule has 0 spiro atoms. The number of hydrogen-bond donors (Lipinski definition) is 2. The molecule has 0 saturated carbocycles. The monoisotopic (exact) mass is 348 g/mol. The third-order valence-electron chi connectivity index (χ3n) is 2.99. The molecule has 3 aromatic rings. The van der Waals surface area contributed by atoms with Gasteiger partial charge in [-0.25, -0.2) is 0 Å². The number of benzene rings is 2. The van der Waals surface area contributed by atoms with Crippen LogP contribution in [-0.4, -0.2) is 10.9 Å². The Bertz CT molecular complexity index is 797. The van der Waals surface area contributed by atoms with E-state index in [1.54, 1.807) is 18.2 Å². The predicted molar refractivity (Wildman–Crippen MR) is 85.4 cm³/mol. The van der Waals surface area contributed by atoms with E-state index < -0.39 is 0 Å². The summed E-state index contributed by atoms with van der Waals surface area (Å²) in [6.07, 6.45) is 1.86. The summed E-state index contributed by atoms with van der Waals surface area (Å²) in [4.78, 5) is 15.3. The summed E-state index contributed by atoms with van der Waals surface area (Å²) >= 11 is 9.39. The number of rotatable bonds is 2. The van der Waals surface area contributed by atoms with E-state index in [1.165, 1.54) is 0 Å². The topological polar surface area (TPSA) is 44.9 Å². The predicted octanol–water partition coefficient (Wildman–Crippen LogP) is 4.84. The van der Waals surface area contributed by atoms with Gasteiger partial charge >= 0.3 is 0 Å². The molecule has 3 nitrogen and oxygen atoms in total. The van der Waals surface area contributed by atoms with Crippen molar-refractivity contribution in [3.8, 4) is 0 Å². The Balaban J connectivity index is 1.87. The number of hydrogen-bond acceptors (Lipinski definition) is 1. The van der Waals surface area contributed by atoms with Crippen molar-refractivity contribution in [2.45, 2.75) is 0 Å². The zero-order chi connectivity index (χ0) is 14.1. The van der Waals surface area contributed by atoms with Crippen molar-refractivity contribution in [3.05, 3.63) is 63.7 Å². The van der Waals surface area contributed by atoms with Gasteiger partial charge in [0.2, 0.25) is 0 Å². The van der Waals surface area contributed by atoms with E-state index in [-0.39, 0.29) is 5.91 Å². The fourth-order valence-electron chi connectivity index (χ4n) is 2.00. The van der Waals surface area contributed by atoms with Crippen LogP contribution in [0.4, 0.5) is 5.69 Å². The molecule has 3 rings (SSSR count). The third kappa shape index (κ3) is 2.57. The minimum atomic E-state index is -0.225. The van der Waals surface area contributed by atoms with Crippen LogP contribution in [0, 0.1) is 0 Å². The average molecular weight is 350 g/mol. The SMILES string of the molecule is O=C(Nc1ccc2[nH]ccc2c1)c1ccc(Br)cc1Cl. The number of fused-ring (bicyclic) bond motifs is 1. The van der Waals surface area contributed by atoms with Gasteiger partial charge in [-0.1, -0.05) is 27.5 Å². The zero-order valence-corrected chi connectivity index (χ0v) is 12.6. The largest absolute Gasteiger partial charge is 0.361 e. The molecule has 0 radical (unpaired) electrons. The Morgan fingerprint density at radius 3 is 2.80 bits per heavy atom. The number of aromatic amines is 1. The molecule has 0 fully saturated rings. The molecule has 0 unspecified atom stereocenters. The average Bonchev–Trinajstić information content (AvgIpc) is 2.85. The number of H-pyrrole nitrogens is 1. The summed E-state index contributed by atoms with van der Waals surface area (Å²) in [5.74, 6) is -0.225. The van der Waals surface area contributed by atoms with E-state index in [0.717, 1.165) is 21.1 Å². The smallest absolute Gasteiger partial charge is 0.257 e. The molecule has 0 saturated heterocycles. The van der Waals surface area contributed by atoms with Crippen LogP contribution in [0.3, 0.4) is 0 Å². The van der Waals surface area contributed by atoms with Crippen molar-refractivity contribution in [1.29, 1.82) is 0 Å². The fourth-order valence-corrected chi connectivity index (χ4v) is 2.76. The van der Waals surface area contributed by atoms with E-state index in [0.29, 0.717) is 10.6 Å². The fraction of sp³-hybridized carbons (Fsp3) is 0. The van der Waals surface area contributed by atoms with Gasteiger partial charge in [-0.3, -0.25) is 4.79 Å². The molecule has 1 aromatic heterocycles. The van der Waals surface area contributed by atoms with Crippen LogP contribution >= 0.6 is 27.5 Å². The quantitative estimate of drug-likeness (QED) is 0.683. The lowest BCUT2D eigenvalue weighted by Crippen LogP contribution is -2.12. The van der Waals surface area contributed by atoms with Crippen LogP contribution in [0.25, 0.3) is 10.9 Å². The Morgan fingerprint density at radius 1 is 1.15 bits per heavy atom. The molecule has 2 N–H and O–H groups in total. The highest BCUT2D eigenvalue weighted by molar-refractivity contribution is 9.10. The molecule has 1 heterocycles. The standard InChI is InChI=1S/C15H10BrClN2O/c16-10-1-3-12(13(17)8-10)15(20)19-11-2-4-14-9(7-11)5-6-18-14/h1-8,18H,(H,19,20). The van der Waals surface area contributed by atoms with Gasteiger partial charge in [-0.15, -0.1) is 0 Å². The van der Waals surface area contributed by atoms with E-state index in [4.69, 9.17) is 11.6 Å². The van der Waals surface area contributed by atoms with Crippen molar-refractivity contribution in [1.82, 2.24) is 4.98 Å². The lowest BCUT2D eigenvalue weighted by molar-refractivity contribution is 0.102. The lowest BCUT2D eigenvalue weighted by Gasteiger charge is -2.07. The van der Waals surface area contributed by atoms with E-state index in [1.807, 2.05) is 30.5 Å². The Morgan fingerprint density at radius 2 is 2.00 bits per heavy atom. The summed E-state index contributed by atoms with van der Waals surface area (Å²) < 4.78 is 0.841. The molecular weight excluding hydrogens is 340 g/mol. The molecule has 5 heteroatoms. The van der Waals surface area contributed by atoms with Gasteiger partial charge in [-0.2, -0.15) is 0 Å². The molecule has 0 bridgehead atoms. The Kier molecular flexibility index (Phi) is 3.51. The van der Waals surface area contributed by atoms with Gasteiger partial charge in [0.15, 0.2) is 0 Å². The number of amides is 1.